The van der Waals surface area contributed by atoms with Crippen LogP contribution >= 0.6 is 11.8 Å². The molecule has 0 radical (unpaired) electrons. The Morgan fingerprint density at radius 2 is 1.84 bits per heavy atom. The summed E-state index contributed by atoms with van der Waals surface area (Å²) in [5.74, 6) is 0.701. The van der Waals surface area contributed by atoms with E-state index in [0.717, 1.165) is 34.3 Å². The zero-order chi connectivity index (χ0) is 21.2. The van der Waals surface area contributed by atoms with Crippen LogP contribution in [0.25, 0.3) is 11.3 Å². The van der Waals surface area contributed by atoms with Crippen molar-refractivity contribution < 1.29 is 4.79 Å². The van der Waals surface area contributed by atoms with Crippen LogP contribution < -0.4 is 10.9 Å². The van der Waals surface area contributed by atoms with Crippen molar-refractivity contribution in [3.63, 3.8) is 0 Å². The monoisotopic (exact) mass is 429 g/mol. The van der Waals surface area contributed by atoms with E-state index in [0.29, 0.717) is 12.2 Å². The Morgan fingerprint density at radius 3 is 2.61 bits per heavy atom. The summed E-state index contributed by atoms with van der Waals surface area (Å²) in [5, 5.41) is 8.12. The van der Waals surface area contributed by atoms with E-state index in [4.69, 9.17) is 0 Å². The zero-order valence-corrected chi connectivity index (χ0v) is 17.4. The topological polar surface area (TPSA) is 81.8 Å². The second-order valence-electron chi connectivity index (χ2n) is 7.18. The number of amides is 1. The average Bonchev–Trinajstić information content (AvgIpc) is 3.39. The lowest BCUT2D eigenvalue weighted by molar-refractivity contribution is 0.102. The van der Waals surface area contributed by atoms with E-state index in [1.807, 2.05) is 54.6 Å². The zero-order valence-electron chi connectivity index (χ0n) is 16.6. The van der Waals surface area contributed by atoms with Gasteiger partial charge >= 0.3 is 0 Å². The fourth-order valence-corrected chi connectivity index (χ4v) is 4.35. The van der Waals surface area contributed by atoms with Crippen molar-refractivity contribution in [1.29, 1.82) is 0 Å². The first-order valence-electron chi connectivity index (χ1n) is 9.89. The van der Waals surface area contributed by atoms with Crippen molar-refractivity contribution in [2.24, 2.45) is 0 Å². The van der Waals surface area contributed by atoms with Gasteiger partial charge in [0, 0.05) is 35.8 Å². The van der Waals surface area contributed by atoms with Crippen molar-refractivity contribution in [3.8, 4) is 11.3 Å². The molecule has 0 bridgehead atoms. The van der Waals surface area contributed by atoms with Crippen LogP contribution in [-0.2, 0) is 13.1 Å². The fourth-order valence-electron chi connectivity index (χ4n) is 3.41. The maximum Gasteiger partial charge on any atom is 0.276 e. The molecule has 5 rings (SSSR count). The lowest BCUT2D eigenvalue weighted by Gasteiger charge is -2.08. The number of fused-ring (bicyclic) bond motifs is 1. The summed E-state index contributed by atoms with van der Waals surface area (Å²) in [6.07, 6.45) is 2.06. The van der Waals surface area contributed by atoms with Crippen molar-refractivity contribution in [3.05, 3.63) is 94.5 Å². The number of hydrogen-bond donors (Lipinski definition) is 1. The number of imidazole rings is 1. The maximum atomic E-state index is 12.7. The Bertz CT molecular complexity index is 1270. The molecule has 31 heavy (non-hydrogen) atoms. The Morgan fingerprint density at radius 1 is 1.03 bits per heavy atom. The molecular formula is C23H19N5O2S. The van der Waals surface area contributed by atoms with Gasteiger partial charge < -0.3 is 9.88 Å². The van der Waals surface area contributed by atoms with Gasteiger partial charge in [0.1, 0.15) is 5.69 Å². The standard InChI is InChI=1S/C23H19N5O2S/c29-21-11-10-19(26-28(21)14-16-4-2-1-3-5-16)22(30)24-18-8-6-17(7-9-18)20-15-27-12-13-31-23(27)25-20/h1-11,15H,12-14H2,(H,24,30). The third-order valence-electron chi connectivity index (χ3n) is 5.02. The maximum absolute atomic E-state index is 12.7. The minimum Gasteiger partial charge on any atom is -0.325 e. The van der Waals surface area contributed by atoms with Crippen molar-refractivity contribution in [2.75, 3.05) is 11.1 Å². The fraction of sp³-hybridized carbons (Fsp3) is 0.130. The summed E-state index contributed by atoms with van der Waals surface area (Å²) in [6.45, 7) is 1.29. The molecular weight excluding hydrogens is 410 g/mol. The van der Waals surface area contributed by atoms with E-state index >= 15 is 0 Å². The summed E-state index contributed by atoms with van der Waals surface area (Å²) in [6, 6.07) is 19.9. The molecule has 1 aliphatic rings. The Labute approximate surface area is 182 Å². The van der Waals surface area contributed by atoms with Gasteiger partial charge in [0.25, 0.3) is 11.5 Å². The number of rotatable bonds is 5. The molecule has 0 atom stereocenters. The van der Waals surface area contributed by atoms with E-state index < -0.39 is 0 Å². The van der Waals surface area contributed by atoms with Crippen molar-refractivity contribution in [1.82, 2.24) is 19.3 Å². The van der Waals surface area contributed by atoms with Crippen LogP contribution in [0.1, 0.15) is 16.1 Å². The van der Waals surface area contributed by atoms with Crippen LogP contribution in [0.15, 0.2) is 82.9 Å². The molecule has 0 aliphatic carbocycles. The van der Waals surface area contributed by atoms with Gasteiger partial charge in [-0.15, -0.1) is 0 Å². The first-order valence-corrected chi connectivity index (χ1v) is 10.9. The van der Waals surface area contributed by atoms with E-state index in [2.05, 4.69) is 26.2 Å². The molecule has 3 heterocycles. The lowest BCUT2D eigenvalue weighted by Crippen LogP contribution is -2.26. The molecule has 2 aromatic carbocycles. The minimum atomic E-state index is -0.369. The SMILES string of the molecule is O=C(Nc1ccc(-c2cn3c(n2)SCC3)cc1)c1ccc(=O)n(Cc2ccccc2)n1. The molecule has 8 heteroatoms. The van der Waals surface area contributed by atoms with Gasteiger partial charge in [-0.05, 0) is 23.8 Å². The predicted octanol–water partition coefficient (Wildman–Crippen LogP) is 3.51. The number of nitrogens with zero attached hydrogens (tertiary/aromatic N) is 4. The smallest absolute Gasteiger partial charge is 0.276 e. The van der Waals surface area contributed by atoms with Gasteiger partial charge in [0.05, 0.1) is 12.2 Å². The highest BCUT2D eigenvalue weighted by Crippen LogP contribution is 2.29. The van der Waals surface area contributed by atoms with Crippen molar-refractivity contribution >= 4 is 23.4 Å². The van der Waals surface area contributed by atoms with E-state index in [1.54, 1.807) is 11.8 Å². The van der Waals surface area contributed by atoms with Gasteiger partial charge in [-0.2, -0.15) is 5.10 Å². The first kappa shape index (κ1) is 19.3. The second-order valence-corrected chi connectivity index (χ2v) is 8.24. The molecule has 1 N–H and O–H groups in total. The summed E-state index contributed by atoms with van der Waals surface area (Å²) in [4.78, 5) is 29.5. The average molecular weight is 430 g/mol. The lowest BCUT2D eigenvalue weighted by atomic mass is 10.1. The number of benzene rings is 2. The van der Waals surface area contributed by atoms with Crippen LogP contribution in [0.2, 0.25) is 0 Å². The number of carbonyl (C=O) groups excluding carboxylic acids is 1. The number of anilines is 1. The van der Waals surface area contributed by atoms with Crippen LogP contribution in [0.4, 0.5) is 5.69 Å². The summed E-state index contributed by atoms with van der Waals surface area (Å²) < 4.78 is 3.45. The van der Waals surface area contributed by atoms with E-state index in [9.17, 15) is 9.59 Å². The molecule has 1 amide bonds. The van der Waals surface area contributed by atoms with Gasteiger partial charge in [0.15, 0.2) is 5.16 Å². The molecule has 154 valence electrons. The van der Waals surface area contributed by atoms with Gasteiger partial charge in [-0.1, -0.05) is 54.2 Å². The number of hydrogen-bond acceptors (Lipinski definition) is 5. The number of aryl methyl sites for hydroxylation is 1. The third kappa shape index (κ3) is 4.15. The second kappa shape index (κ2) is 8.23. The summed E-state index contributed by atoms with van der Waals surface area (Å²) in [7, 11) is 0. The number of carbonyl (C=O) groups is 1. The van der Waals surface area contributed by atoms with Gasteiger partial charge in [-0.25, -0.2) is 9.67 Å². The normalized spacial score (nSPS) is 12.5. The molecule has 0 unspecified atom stereocenters. The molecule has 1 aliphatic heterocycles. The van der Waals surface area contributed by atoms with Gasteiger partial charge in [-0.3, -0.25) is 9.59 Å². The Balaban J connectivity index is 1.30. The highest BCUT2D eigenvalue weighted by atomic mass is 32.2. The van der Waals surface area contributed by atoms with Crippen LogP contribution in [0.3, 0.4) is 0 Å². The van der Waals surface area contributed by atoms with E-state index in [1.165, 1.54) is 16.8 Å². The quantitative estimate of drug-likeness (QED) is 0.525. The summed E-state index contributed by atoms with van der Waals surface area (Å²) >= 11 is 1.76. The number of aromatic nitrogens is 4. The molecule has 2 aromatic heterocycles. The number of thioether (sulfide) groups is 1. The molecule has 0 fully saturated rings. The van der Waals surface area contributed by atoms with E-state index in [-0.39, 0.29) is 17.2 Å². The molecule has 0 saturated carbocycles. The largest absolute Gasteiger partial charge is 0.325 e. The minimum absolute atomic E-state index is 0.183. The Kier molecular flexibility index (Phi) is 5.13. The van der Waals surface area contributed by atoms with Crippen LogP contribution in [0.5, 0.6) is 0 Å². The van der Waals surface area contributed by atoms with Crippen molar-refractivity contribution in [2.45, 2.75) is 18.2 Å². The Hall–Kier alpha value is -3.65. The molecule has 0 spiro atoms. The highest BCUT2D eigenvalue weighted by molar-refractivity contribution is 7.99. The molecule has 0 saturated heterocycles. The van der Waals surface area contributed by atoms with Gasteiger partial charge in [0.2, 0.25) is 0 Å². The molecule has 7 nitrogen and oxygen atoms in total. The van der Waals surface area contributed by atoms with Crippen LogP contribution in [-0.4, -0.2) is 31.0 Å². The van der Waals surface area contributed by atoms with Crippen LogP contribution in [0, 0.1) is 0 Å². The highest BCUT2D eigenvalue weighted by Gasteiger charge is 2.15. The third-order valence-corrected chi connectivity index (χ3v) is 5.99. The first-order chi connectivity index (χ1) is 15.2. The summed E-state index contributed by atoms with van der Waals surface area (Å²) in [5.41, 5.74) is 3.44. The number of nitrogens with one attached hydrogen (secondary N) is 1. The molecule has 4 aromatic rings. The predicted molar refractivity (Wildman–Crippen MR) is 120 cm³/mol.